The van der Waals surface area contributed by atoms with Gasteiger partial charge in [0.1, 0.15) is 0 Å². The van der Waals surface area contributed by atoms with Gasteiger partial charge in [-0.2, -0.15) is 0 Å². The second-order valence-electron chi connectivity index (χ2n) is 3.49. The molecule has 0 aliphatic carbocycles. The van der Waals surface area contributed by atoms with E-state index in [0.717, 1.165) is 9.74 Å². The van der Waals surface area contributed by atoms with Gasteiger partial charge in [0, 0.05) is 0 Å². The first kappa shape index (κ1) is 11.0. The van der Waals surface area contributed by atoms with Gasteiger partial charge in [-0.3, -0.25) is 0 Å². The molecule has 4 nitrogen and oxygen atoms in total. The molecule has 0 radical (unpaired) electrons. The molecule has 1 atom stereocenters. The summed E-state index contributed by atoms with van der Waals surface area (Å²) in [6.07, 6.45) is 0.0519. The number of carbonyl (C=O) groups is 1. The molecular weight excluding hydrogens is 269 g/mol. The van der Waals surface area contributed by atoms with Crippen molar-refractivity contribution in [2.45, 2.75) is 6.42 Å². The molecule has 2 aromatic rings. The van der Waals surface area contributed by atoms with Crippen LogP contribution in [-0.2, 0) is 11.2 Å². The van der Waals surface area contributed by atoms with Crippen LogP contribution in [0.5, 0.6) is 0 Å². The van der Waals surface area contributed by atoms with Crippen LogP contribution in [0, 0.1) is 0 Å². The number of amides is 1. The van der Waals surface area contributed by atoms with Crippen molar-refractivity contribution in [3.05, 3.63) is 40.2 Å². The van der Waals surface area contributed by atoms with Crippen molar-refractivity contribution in [2.24, 2.45) is 5.73 Å². The molecule has 0 bridgehead atoms. The number of rotatable bonds is 2. The van der Waals surface area contributed by atoms with E-state index in [9.17, 15) is 9.59 Å². The number of benzene rings is 1. The summed E-state index contributed by atoms with van der Waals surface area (Å²) in [5, 5.41) is 0.764. The van der Waals surface area contributed by atoms with Crippen LogP contribution in [0.4, 0.5) is 0 Å². The first-order valence-electron chi connectivity index (χ1n) is 4.67. The van der Waals surface area contributed by atoms with E-state index in [1.165, 1.54) is 22.9 Å². The molecule has 2 rings (SSSR count). The van der Waals surface area contributed by atoms with Crippen LogP contribution in [0.25, 0.3) is 11.0 Å². The minimum atomic E-state index is -0.461. The first-order valence-corrected chi connectivity index (χ1v) is 5.88. The van der Waals surface area contributed by atoms with Crippen molar-refractivity contribution in [1.82, 2.24) is 0 Å². The van der Waals surface area contributed by atoms with Gasteiger partial charge < -0.3 is 0 Å². The Morgan fingerprint density at radius 3 is 2.81 bits per heavy atom. The fraction of sp³-hybridized carbons (Fsp3) is 0.0909. The summed E-state index contributed by atoms with van der Waals surface area (Å²) in [5.74, 6) is -0.461. The van der Waals surface area contributed by atoms with Gasteiger partial charge in [-0.05, 0) is 0 Å². The number of hydrogen-bond donors (Lipinski definition) is 1. The van der Waals surface area contributed by atoms with E-state index in [2.05, 4.69) is 0 Å². The number of primary amides is 1. The Bertz CT molecular complexity index is 618. The molecule has 82 valence electrons. The summed E-state index contributed by atoms with van der Waals surface area (Å²) in [4.78, 5) is 22.2. The molecular formula is C11H10AsNO3. The quantitative estimate of drug-likeness (QED) is 0.570. The Hall–Kier alpha value is -1.54. The van der Waals surface area contributed by atoms with E-state index in [0.29, 0.717) is 11.1 Å². The van der Waals surface area contributed by atoms with Crippen molar-refractivity contribution in [2.75, 3.05) is 0 Å². The van der Waals surface area contributed by atoms with Gasteiger partial charge in [0.2, 0.25) is 0 Å². The molecule has 16 heavy (non-hydrogen) atoms. The summed E-state index contributed by atoms with van der Waals surface area (Å²) < 4.78 is 6.12. The molecule has 0 aliphatic heterocycles. The zero-order valence-corrected chi connectivity index (χ0v) is 10.8. The van der Waals surface area contributed by atoms with E-state index in [1.807, 2.05) is 12.1 Å². The van der Waals surface area contributed by atoms with Gasteiger partial charge >= 0.3 is 99.7 Å². The fourth-order valence-electron chi connectivity index (χ4n) is 1.58. The second-order valence-corrected chi connectivity index (χ2v) is 4.89. The van der Waals surface area contributed by atoms with Crippen molar-refractivity contribution < 1.29 is 9.21 Å². The second kappa shape index (κ2) is 4.14. The zero-order chi connectivity index (χ0) is 11.7. The maximum absolute atomic E-state index is 11.3. The molecule has 1 aromatic carbocycles. The van der Waals surface area contributed by atoms with Gasteiger partial charge in [-0.25, -0.2) is 0 Å². The van der Waals surface area contributed by atoms with Gasteiger partial charge in [-0.1, -0.05) is 0 Å². The molecule has 0 fully saturated rings. The van der Waals surface area contributed by atoms with Gasteiger partial charge in [0.05, 0.1) is 0 Å². The summed E-state index contributed by atoms with van der Waals surface area (Å²) in [6, 6.07) is 6.87. The van der Waals surface area contributed by atoms with Crippen molar-refractivity contribution in [3.63, 3.8) is 0 Å². The molecule has 1 aromatic heterocycles. The summed E-state index contributed by atoms with van der Waals surface area (Å²) in [6.45, 7) is 0. The van der Waals surface area contributed by atoms with E-state index >= 15 is 0 Å². The predicted molar refractivity (Wildman–Crippen MR) is 63.6 cm³/mol. The molecule has 1 heterocycles. The molecule has 2 N–H and O–H groups in total. The molecule has 0 spiro atoms. The Labute approximate surface area is 99.9 Å². The van der Waals surface area contributed by atoms with Crippen molar-refractivity contribution in [3.8, 4) is 0 Å². The molecule has 0 saturated heterocycles. The molecule has 1 unspecified atom stereocenters. The first-order chi connectivity index (χ1) is 7.56. The van der Waals surface area contributed by atoms with Crippen molar-refractivity contribution >= 4 is 38.1 Å². The van der Waals surface area contributed by atoms with Gasteiger partial charge in [0.25, 0.3) is 0 Å². The SMILES string of the molecule is NC(=O)Cc1cc(=O)oc2cc([AsH2])ccc12. The van der Waals surface area contributed by atoms with Crippen LogP contribution < -0.4 is 15.7 Å². The monoisotopic (exact) mass is 279 g/mol. The van der Waals surface area contributed by atoms with Gasteiger partial charge in [0.15, 0.2) is 0 Å². The third kappa shape index (κ3) is 2.17. The number of fused-ring (bicyclic) bond motifs is 1. The van der Waals surface area contributed by atoms with E-state index < -0.39 is 11.5 Å². The Morgan fingerprint density at radius 2 is 2.12 bits per heavy atom. The van der Waals surface area contributed by atoms with Crippen LogP contribution in [0.15, 0.2) is 33.5 Å². The molecule has 1 amide bonds. The molecule has 0 aliphatic rings. The zero-order valence-electron chi connectivity index (χ0n) is 8.40. The van der Waals surface area contributed by atoms with Gasteiger partial charge in [-0.15, -0.1) is 0 Å². The van der Waals surface area contributed by atoms with Crippen LogP contribution in [0.3, 0.4) is 0 Å². The van der Waals surface area contributed by atoms with E-state index in [1.54, 1.807) is 6.07 Å². The minimum absolute atomic E-state index is 0.0519. The van der Waals surface area contributed by atoms with Crippen LogP contribution in [0.1, 0.15) is 5.56 Å². The third-order valence-corrected chi connectivity index (χ3v) is 2.97. The topological polar surface area (TPSA) is 73.3 Å². The fourth-order valence-corrected chi connectivity index (χ4v) is 2.10. The Kier molecular flexibility index (Phi) is 2.84. The Morgan fingerprint density at radius 1 is 1.38 bits per heavy atom. The van der Waals surface area contributed by atoms with Crippen LogP contribution in [-0.4, -0.2) is 22.8 Å². The summed E-state index contributed by atoms with van der Waals surface area (Å²) >= 11 is 1.44. The summed E-state index contributed by atoms with van der Waals surface area (Å²) in [5.41, 5.74) is 5.79. The average Bonchev–Trinajstić information content (AvgIpc) is 2.15. The predicted octanol–water partition coefficient (Wildman–Crippen LogP) is -0.921. The van der Waals surface area contributed by atoms with Crippen LogP contribution in [0.2, 0.25) is 0 Å². The normalized spacial score (nSPS) is 10.6. The maximum atomic E-state index is 11.3. The standard InChI is InChI=1S/C11H10AsNO3/c12-7-1-2-8-6(3-10(13)14)4-11(15)16-9(8)5-7/h1-2,4-5H,3,12H2,(H2,13,14). The number of nitrogens with two attached hydrogens (primary N) is 1. The average molecular weight is 279 g/mol. The van der Waals surface area contributed by atoms with Crippen LogP contribution >= 0.6 is 0 Å². The summed E-state index contributed by atoms with van der Waals surface area (Å²) in [7, 11) is 0. The van der Waals surface area contributed by atoms with Crippen molar-refractivity contribution in [1.29, 1.82) is 0 Å². The van der Waals surface area contributed by atoms with E-state index in [-0.39, 0.29) is 6.42 Å². The van der Waals surface area contributed by atoms with E-state index in [4.69, 9.17) is 10.2 Å². The number of hydrogen-bond acceptors (Lipinski definition) is 3. The third-order valence-electron chi connectivity index (χ3n) is 2.22. The molecule has 5 heteroatoms. The number of carbonyl (C=O) groups excluding carboxylic acids is 1. The molecule has 0 saturated carbocycles. The Balaban J connectivity index is 2.72.